The van der Waals surface area contributed by atoms with E-state index in [1.165, 1.54) is 94.5 Å². The van der Waals surface area contributed by atoms with Crippen LogP contribution in [0.5, 0.6) is 11.5 Å². The number of rotatable bonds is 26. The number of sulfone groups is 1. The van der Waals surface area contributed by atoms with Crippen molar-refractivity contribution >= 4 is 48.9 Å². The number of esters is 1. The van der Waals surface area contributed by atoms with Gasteiger partial charge in [0, 0.05) is 11.7 Å². The largest absolute Gasteiger partial charge is 0.489 e. The van der Waals surface area contributed by atoms with E-state index >= 15 is 0 Å². The predicted molar refractivity (Wildman–Crippen MR) is 218 cm³/mol. The van der Waals surface area contributed by atoms with Crippen LogP contribution < -0.4 is 19.5 Å². The van der Waals surface area contributed by atoms with Crippen molar-refractivity contribution in [3.05, 3.63) is 42.0 Å². The first-order valence-electron chi connectivity index (χ1n) is 19.5. The van der Waals surface area contributed by atoms with Gasteiger partial charge in [0.2, 0.25) is 16.1 Å². The molecule has 2 rings (SSSR count). The highest BCUT2D eigenvalue weighted by Crippen LogP contribution is 2.33. The Morgan fingerprint density at radius 1 is 0.691 bits per heavy atom. The number of hydrogen-bond acceptors (Lipinski definition) is 10. The van der Waals surface area contributed by atoms with E-state index in [9.17, 15) is 31.2 Å². The summed E-state index contributed by atoms with van der Waals surface area (Å²) in [6, 6.07) is 7.85. The standard InChI is InChI=1S/C41H64N2O10S2/c1-9-10-11-12-13-14-15-16-17-18-19-20-21-22-27-51-40(46)31-23-25-35(52-30(2)3)33(28-31)42-39(45)37(38(44)41(4,5)6)53-36-26-24-32(54(7,47)48)29-34(36)43-55(8,49)50/h23-26,28-30,37,43H,9-22,27H2,1-8H3,(H,42,45). The number of ether oxygens (including phenoxy) is 3. The molecular weight excluding hydrogens is 745 g/mol. The second kappa shape index (κ2) is 22.8. The minimum Gasteiger partial charge on any atom is -0.489 e. The number of ketones is 1. The summed E-state index contributed by atoms with van der Waals surface area (Å²) in [4.78, 5) is 40.4. The van der Waals surface area contributed by atoms with Crippen LogP contribution in [0.2, 0.25) is 0 Å². The molecular formula is C41H64N2O10S2. The molecule has 1 amide bonds. The molecule has 0 aliphatic carbocycles. The van der Waals surface area contributed by atoms with E-state index in [1.807, 2.05) is 0 Å². The van der Waals surface area contributed by atoms with Crippen LogP contribution in [0.1, 0.15) is 142 Å². The number of unbranched alkanes of at least 4 members (excludes halogenated alkanes) is 13. The van der Waals surface area contributed by atoms with Crippen molar-refractivity contribution in [1.29, 1.82) is 0 Å². The van der Waals surface area contributed by atoms with Gasteiger partial charge in [0.15, 0.2) is 15.6 Å². The minimum atomic E-state index is -3.94. The van der Waals surface area contributed by atoms with Crippen LogP contribution in [-0.4, -0.2) is 65.8 Å². The van der Waals surface area contributed by atoms with Gasteiger partial charge in [-0.25, -0.2) is 21.6 Å². The Labute approximate surface area is 329 Å². The minimum absolute atomic E-state index is 0.0851. The van der Waals surface area contributed by atoms with Crippen LogP contribution >= 0.6 is 0 Å². The molecule has 0 spiro atoms. The summed E-state index contributed by atoms with van der Waals surface area (Å²) >= 11 is 0. The first kappa shape index (κ1) is 47.5. The summed E-state index contributed by atoms with van der Waals surface area (Å²) in [7, 11) is -7.69. The second-order valence-corrected chi connectivity index (χ2v) is 19.3. The molecule has 0 heterocycles. The molecule has 1 unspecified atom stereocenters. The fourth-order valence-corrected chi connectivity index (χ4v) is 6.93. The zero-order valence-electron chi connectivity index (χ0n) is 34.1. The van der Waals surface area contributed by atoms with E-state index < -0.39 is 49.0 Å². The van der Waals surface area contributed by atoms with Gasteiger partial charge in [-0.2, -0.15) is 0 Å². The fourth-order valence-electron chi connectivity index (χ4n) is 5.72. The van der Waals surface area contributed by atoms with Crippen LogP contribution in [0.4, 0.5) is 11.4 Å². The summed E-state index contributed by atoms with van der Waals surface area (Å²) in [5, 5.41) is 2.66. The van der Waals surface area contributed by atoms with E-state index in [2.05, 4.69) is 17.0 Å². The van der Waals surface area contributed by atoms with Crippen molar-refractivity contribution in [3.63, 3.8) is 0 Å². The maximum Gasteiger partial charge on any atom is 0.338 e. The third kappa shape index (κ3) is 18.2. The van der Waals surface area contributed by atoms with Crippen molar-refractivity contribution in [1.82, 2.24) is 0 Å². The summed E-state index contributed by atoms with van der Waals surface area (Å²) in [5.74, 6) is -2.19. The number of Topliss-reactive ketones (excluding diaryl/α,β-unsaturated/α-hetero) is 1. The Hall–Kier alpha value is -3.65. The predicted octanol–water partition coefficient (Wildman–Crippen LogP) is 8.89. The number of nitrogens with one attached hydrogen (secondary N) is 2. The van der Waals surface area contributed by atoms with E-state index in [0.29, 0.717) is 0 Å². The van der Waals surface area contributed by atoms with Crippen LogP contribution in [0.3, 0.4) is 0 Å². The van der Waals surface area contributed by atoms with Gasteiger partial charge in [-0.15, -0.1) is 0 Å². The first-order chi connectivity index (χ1) is 25.7. The van der Waals surface area contributed by atoms with E-state index in [-0.39, 0.29) is 46.0 Å². The van der Waals surface area contributed by atoms with Gasteiger partial charge in [-0.1, -0.05) is 111 Å². The van der Waals surface area contributed by atoms with Gasteiger partial charge in [0.1, 0.15) is 11.5 Å². The van der Waals surface area contributed by atoms with Gasteiger partial charge in [-0.05, 0) is 56.7 Å². The van der Waals surface area contributed by atoms with Gasteiger partial charge >= 0.3 is 5.97 Å². The molecule has 12 nitrogen and oxygen atoms in total. The lowest BCUT2D eigenvalue weighted by atomic mass is 9.87. The Bertz CT molecular complexity index is 1770. The van der Waals surface area contributed by atoms with Crippen molar-refractivity contribution in [2.75, 3.05) is 29.2 Å². The maximum absolute atomic E-state index is 13.9. The quantitative estimate of drug-likeness (QED) is 0.0531. The molecule has 0 radical (unpaired) electrons. The van der Waals surface area contributed by atoms with Crippen molar-refractivity contribution in [2.24, 2.45) is 5.41 Å². The molecule has 0 saturated heterocycles. The third-order valence-electron chi connectivity index (χ3n) is 8.70. The summed E-state index contributed by atoms with van der Waals surface area (Å²) in [6.07, 6.45) is 16.7. The van der Waals surface area contributed by atoms with Crippen molar-refractivity contribution in [3.8, 4) is 11.5 Å². The first-order valence-corrected chi connectivity index (χ1v) is 23.3. The highest BCUT2D eigenvalue weighted by Gasteiger charge is 2.38. The Kier molecular flexibility index (Phi) is 19.7. The zero-order valence-corrected chi connectivity index (χ0v) is 35.8. The topological polar surface area (TPSA) is 171 Å². The van der Waals surface area contributed by atoms with Crippen molar-refractivity contribution < 1.29 is 45.4 Å². The highest BCUT2D eigenvalue weighted by atomic mass is 32.2. The van der Waals surface area contributed by atoms with E-state index in [0.717, 1.165) is 44.3 Å². The third-order valence-corrected chi connectivity index (χ3v) is 10.4. The molecule has 14 heteroatoms. The lowest BCUT2D eigenvalue weighted by Gasteiger charge is -2.26. The molecule has 1 atom stereocenters. The second-order valence-electron chi connectivity index (χ2n) is 15.5. The lowest BCUT2D eigenvalue weighted by molar-refractivity contribution is -0.140. The summed E-state index contributed by atoms with van der Waals surface area (Å²) < 4.78 is 68.3. The van der Waals surface area contributed by atoms with Crippen LogP contribution in [-0.2, 0) is 34.2 Å². The Balaban J connectivity index is 2.12. The fraction of sp³-hybridized carbons (Fsp3) is 0.634. The van der Waals surface area contributed by atoms with E-state index in [1.54, 1.807) is 34.6 Å². The van der Waals surface area contributed by atoms with Crippen molar-refractivity contribution in [2.45, 2.75) is 149 Å². The SMILES string of the molecule is CCCCCCCCCCCCCCCCOC(=O)c1ccc(OC(C)C)c(NC(=O)C(Oc2ccc(S(C)(=O)=O)cc2NS(C)(=O)=O)C(=O)C(C)(C)C)c1. The molecule has 0 bridgehead atoms. The van der Waals surface area contributed by atoms with Gasteiger partial charge in [0.25, 0.3) is 5.91 Å². The number of benzene rings is 2. The number of sulfonamides is 1. The average molecular weight is 809 g/mol. The van der Waals surface area contributed by atoms with Gasteiger partial charge in [0.05, 0.1) is 40.8 Å². The van der Waals surface area contributed by atoms with Gasteiger partial charge < -0.3 is 19.5 Å². The van der Waals surface area contributed by atoms with Crippen LogP contribution in [0, 0.1) is 5.41 Å². The molecule has 0 aliphatic rings. The molecule has 2 aromatic rings. The number of hydrogen-bond donors (Lipinski definition) is 2. The Morgan fingerprint density at radius 3 is 1.69 bits per heavy atom. The molecule has 0 fully saturated rings. The molecule has 310 valence electrons. The summed E-state index contributed by atoms with van der Waals surface area (Å²) in [6.45, 7) is 10.8. The summed E-state index contributed by atoms with van der Waals surface area (Å²) in [5.41, 5.74) is -1.14. The lowest BCUT2D eigenvalue weighted by Crippen LogP contribution is -2.45. The van der Waals surface area contributed by atoms with E-state index in [4.69, 9.17) is 14.2 Å². The number of carbonyl (C=O) groups excluding carboxylic acids is 3. The normalized spacial score (nSPS) is 12.6. The van der Waals surface area contributed by atoms with Gasteiger partial charge in [-0.3, -0.25) is 14.3 Å². The average Bonchev–Trinajstić information content (AvgIpc) is 3.08. The number of carbonyl (C=O) groups is 3. The molecule has 0 aliphatic heterocycles. The number of amides is 1. The molecule has 0 saturated carbocycles. The Morgan fingerprint density at radius 2 is 1.20 bits per heavy atom. The highest BCUT2D eigenvalue weighted by molar-refractivity contribution is 7.92. The smallest absolute Gasteiger partial charge is 0.338 e. The monoisotopic (exact) mass is 808 g/mol. The molecule has 55 heavy (non-hydrogen) atoms. The van der Waals surface area contributed by atoms with Crippen LogP contribution in [0.25, 0.3) is 0 Å². The zero-order chi connectivity index (χ0) is 41.2. The van der Waals surface area contributed by atoms with Crippen LogP contribution in [0.15, 0.2) is 41.3 Å². The molecule has 2 aromatic carbocycles. The maximum atomic E-state index is 13.9. The number of anilines is 2. The molecule has 2 N–H and O–H groups in total. The molecule has 0 aromatic heterocycles.